The third-order valence-corrected chi connectivity index (χ3v) is 2.58. The fourth-order valence-corrected chi connectivity index (χ4v) is 1.58. The molecule has 0 aromatic carbocycles. The average molecular weight is 253 g/mol. The fraction of sp³-hybridized carbons (Fsp3) is 0.250. The summed E-state index contributed by atoms with van der Waals surface area (Å²) in [6, 6.07) is 0.768. The summed E-state index contributed by atoms with van der Waals surface area (Å²) in [5.41, 5.74) is -1.15. The van der Waals surface area contributed by atoms with Gasteiger partial charge >= 0.3 is 0 Å². The van der Waals surface area contributed by atoms with Crippen molar-refractivity contribution in [2.75, 3.05) is 5.75 Å². The summed E-state index contributed by atoms with van der Waals surface area (Å²) in [5.74, 6) is 0.303. The maximum absolute atomic E-state index is 12.3. The summed E-state index contributed by atoms with van der Waals surface area (Å²) in [5, 5.41) is 0.463. The molecule has 0 aliphatic heterocycles. The molecule has 0 fully saturated rings. The number of rotatable bonds is 4. The molecule has 0 saturated carbocycles. The maximum atomic E-state index is 12.3. The van der Waals surface area contributed by atoms with E-state index in [-0.39, 0.29) is 5.16 Å². The normalized spacial score (nSPS) is 10.7. The Kier molecular flexibility index (Phi) is 4.28. The largest absolute Gasteiger partial charge is 0.301 e. The molecule has 0 unspecified atom stereocenters. The Morgan fingerprint density at radius 2 is 2.40 bits per heavy atom. The van der Waals surface area contributed by atoms with Crippen molar-refractivity contribution < 1.29 is 8.78 Å². The molecule has 82 valence electrons. The molecule has 0 radical (unpaired) electrons. The van der Waals surface area contributed by atoms with Crippen LogP contribution in [0, 0.1) is 0 Å². The van der Waals surface area contributed by atoms with Crippen LogP contribution in [0.5, 0.6) is 0 Å². The van der Waals surface area contributed by atoms with Crippen molar-refractivity contribution in [3.8, 4) is 0 Å². The Morgan fingerprint density at radius 3 is 2.93 bits per heavy atom. The van der Waals surface area contributed by atoms with Crippen LogP contribution in [0.3, 0.4) is 0 Å². The lowest BCUT2D eigenvalue weighted by atomic mass is 10.4. The van der Waals surface area contributed by atoms with Crippen LogP contribution in [0.2, 0.25) is 0 Å². The minimum atomic E-state index is -2.76. The Balaban J connectivity index is 2.89. The molecule has 1 rings (SSSR count). The zero-order chi connectivity index (χ0) is 11.4. The number of nitrogens with one attached hydrogen (secondary N) is 1. The van der Waals surface area contributed by atoms with Crippen LogP contribution < -0.4 is 5.56 Å². The van der Waals surface area contributed by atoms with Crippen LogP contribution >= 0.6 is 23.4 Å². The van der Waals surface area contributed by atoms with Gasteiger partial charge in [-0.15, -0.1) is 0 Å². The molecule has 1 aromatic rings. The predicted molar refractivity (Wildman–Crippen MR) is 55.5 cm³/mol. The zero-order valence-electron chi connectivity index (χ0n) is 7.47. The van der Waals surface area contributed by atoms with Crippen molar-refractivity contribution in [2.24, 2.45) is 0 Å². The first-order valence-electron chi connectivity index (χ1n) is 3.84. The summed E-state index contributed by atoms with van der Waals surface area (Å²) < 4.78 is 24.5. The van der Waals surface area contributed by atoms with Crippen molar-refractivity contribution in [1.82, 2.24) is 9.97 Å². The number of hydrogen-bond donors (Lipinski definition) is 1. The first-order valence-corrected chi connectivity index (χ1v) is 5.21. The minimum absolute atomic E-state index is 0.111. The van der Waals surface area contributed by atoms with Crippen LogP contribution in [-0.4, -0.2) is 15.7 Å². The lowest BCUT2D eigenvalue weighted by molar-refractivity contribution is 0.145. The van der Waals surface area contributed by atoms with E-state index < -0.39 is 17.7 Å². The molecule has 0 saturated heterocycles. The topological polar surface area (TPSA) is 45.8 Å². The highest BCUT2D eigenvalue weighted by Crippen LogP contribution is 2.19. The first-order chi connectivity index (χ1) is 6.99. The van der Waals surface area contributed by atoms with Gasteiger partial charge in [-0.05, 0) is 0 Å². The highest BCUT2D eigenvalue weighted by atomic mass is 35.5. The van der Waals surface area contributed by atoms with Gasteiger partial charge in [-0.25, -0.2) is 13.8 Å². The number of H-pyrrole nitrogens is 1. The summed E-state index contributed by atoms with van der Waals surface area (Å²) in [6.45, 7) is 3.43. The van der Waals surface area contributed by atoms with Gasteiger partial charge in [0.15, 0.2) is 5.16 Å². The Labute approximate surface area is 93.6 Å². The van der Waals surface area contributed by atoms with Gasteiger partial charge in [-0.2, -0.15) is 0 Å². The second-order valence-corrected chi connectivity index (χ2v) is 4.08. The monoisotopic (exact) mass is 252 g/mol. The number of hydrogen-bond acceptors (Lipinski definition) is 3. The number of aromatic nitrogens is 2. The predicted octanol–water partition coefficient (Wildman–Crippen LogP) is 2.55. The van der Waals surface area contributed by atoms with E-state index in [2.05, 4.69) is 16.5 Å². The zero-order valence-corrected chi connectivity index (χ0v) is 9.04. The van der Waals surface area contributed by atoms with Crippen LogP contribution in [0.25, 0.3) is 0 Å². The van der Waals surface area contributed by atoms with Gasteiger partial charge in [0.1, 0.15) is 5.69 Å². The molecule has 0 aliphatic carbocycles. The third kappa shape index (κ3) is 4.01. The quantitative estimate of drug-likeness (QED) is 0.662. The summed E-state index contributed by atoms with van der Waals surface area (Å²) in [7, 11) is 0. The van der Waals surface area contributed by atoms with Gasteiger partial charge in [0, 0.05) is 16.9 Å². The minimum Gasteiger partial charge on any atom is -0.301 e. The first kappa shape index (κ1) is 12.2. The van der Waals surface area contributed by atoms with Gasteiger partial charge < -0.3 is 4.98 Å². The smallest absolute Gasteiger partial charge is 0.280 e. The molecular weight excluding hydrogens is 246 g/mol. The fourth-order valence-electron chi connectivity index (χ4n) is 0.780. The molecule has 0 spiro atoms. The van der Waals surface area contributed by atoms with E-state index in [1.54, 1.807) is 0 Å². The SMILES string of the molecule is C=C(Cl)CSc1nc(C(F)F)cc(=O)[nH]1. The molecule has 0 bridgehead atoms. The highest BCUT2D eigenvalue weighted by molar-refractivity contribution is 7.99. The van der Waals surface area contributed by atoms with E-state index in [0.29, 0.717) is 10.8 Å². The third-order valence-electron chi connectivity index (χ3n) is 1.33. The summed E-state index contributed by atoms with van der Waals surface area (Å²) >= 11 is 6.53. The molecule has 15 heavy (non-hydrogen) atoms. The van der Waals surface area contributed by atoms with Crippen LogP contribution in [0.1, 0.15) is 12.1 Å². The van der Waals surface area contributed by atoms with E-state index >= 15 is 0 Å². The van der Waals surface area contributed by atoms with E-state index in [9.17, 15) is 13.6 Å². The number of thioether (sulfide) groups is 1. The van der Waals surface area contributed by atoms with Crippen LogP contribution in [-0.2, 0) is 0 Å². The maximum Gasteiger partial charge on any atom is 0.280 e. The van der Waals surface area contributed by atoms with Crippen molar-refractivity contribution in [2.45, 2.75) is 11.6 Å². The molecule has 0 amide bonds. The Hall–Kier alpha value is -0.880. The molecule has 0 atom stereocenters. The highest BCUT2D eigenvalue weighted by Gasteiger charge is 2.11. The lowest BCUT2D eigenvalue weighted by Crippen LogP contribution is -2.10. The van der Waals surface area contributed by atoms with Gasteiger partial charge in [0.05, 0.1) is 0 Å². The molecule has 1 N–H and O–H groups in total. The van der Waals surface area contributed by atoms with Crippen molar-refractivity contribution >= 4 is 23.4 Å². The number of nitrogens with zero attached hydrogens (tertiary/aromatic N) is 1. The molecule has 7 heteroatoms. The lowest BCUT2D eigenvalue weighted by Gasteiger charge is -2.02. The average Bonchev–Trinajstić information content (AvgIpc) is 2.13. The van der Waals surface area contributed by atoms with Gasteiger partial charge in [0.25, 0.3) is 12.0 Å². The Morgan fingerprint density at radius 1 is 1.73 bits per heavy atom. The Bertz CT molecular complexity index is 421. The van der Waals surface area contributed by atoms with E-state index in [4.69, 9.17) is 11.6 Å². The van der Waals surface area contributed by atoms with Gasteiger partial charge in [0.2, 0.25) is 0 Å². The molecule has 1 heterocycles. The van der Waals surface area contributed by atoms with E-state index in [1.165, 1.54) is 0 Å². The summed E-state index contributed by atoms with van der Waals surface area (Å²) in [4.78, 5) is 16.8. The molecule has 3 nitrogen and oxygen atoms in total. The van der Waals surface area contributed by atoms with Gasteiger partial charge in [-0.1, -0.05) is 29.9 Å². The second kappa shape index (κ2) is 5.27. The van der Waals surface area contributed by atoms with Crippen molar-refractivity contribution in [3.05, 3.63) is 33.7 Å². The molecule has 0 aliphatic rings. The van der Waals surface area contributed by atoms with Gasteiger partial charge in [-0.3, -0.25) is 4.79 Å². The number of alkyl halides is 2. The second-order valence-electron chi connectivity index (χ2n) is 2.58. The molecule has 1 aromatic heterocycles. The molecular formula is C8H7ClF2N2OS. The summed E-state index contributed by atoms with van der Waals surface area (Å²) in [6.07, 6.45) is -2.76. The standard InChI is InChI=1S/C8H7ClF2N2OS/c1-4(9)3-15-8-12-5(7(10)11)2-6(14)13-8/h2,7H,1,3H2,(H,12,13,14). The van der Waals surface area contributed by atoms with E-state index in [1.807, 2.05) is 0 Å². The van der Waals surface area contributed by atoms with Crippen molar-refractivity contribution in [3.63, 3.8) is 0 Å². The van der Waals surface area contributed by atoms with Crippen molar-refractivity contribution in [1.29, 1.82) is 0 Å². The number of aromatic amines is 1. The van der Waals surface area contributed by atoms with Crippen LogP contribution in [0.4, 0.5) is 8.78 Å². The van der Waals surface area contributed by atoms with Crippen LogP contribution in [0.15, 0.2) is 27.6 Å². The van der Waals surface area contributed by atoms with E-state index in [0.717, 1.165) is 17.8 Å². The number of halogens is 3.